The fourth-order valence-corrected chi connectivity index (χ4v) is 3.32. The van der Waals surface area contributed by atoms with Gasteiger partial charge in [0, 0.05) is 17.5 Å². The first-order chi connectivity index (χ1) is 13.4. The van der Waals surface area contributed by atoms with Crippen LogP contribution in [0.1, 0.15) is 50.6 Å². The molecule has 0 aliphatic heterocycles. The third-order valence-corrected chi connectivity index (χ3v) is 5.22. The first kappa shape index (κ1) is 20.0. The van der Waals surface area contributed by atoms with Crippen molar-refractivity contribution in [2.75, 3.05) is 0 Å². The van der Waals surface area contributed by atoms with Crippen molar-refractivity contribution < 1.29 is 4.79 Å². The Hall–Kier alpha value is -2.78. The van der Waals surface area contributed by atoms with Gasteiger partial charge in [0.25, 0.3) is 0 Å². The summed E-state index contributed by atoms with van der Waals surface area (Å²) in [7, 11) is 0. The minimum absolute atomic E-state index is 0.102. The lowest BCUT2D eigenvalue weighted by molar-refractivity contribution is 0.0971. The first-order valence-corrected chi connectivity index (χ1v) is 9.87. The maximum absolute atomic E-state index is 12.9. The first-order valence-electron chi connectivity index (χ1n) is 9.46. The molecule has 3 aromatic rings. The van der Waals surface area contributed by atoms with Gasteiger partial charge in [-0.05, 0) is 26.3 Å². The van der Waals surface area contributed by atoms with E-state index in [2.05, 4.69) is 43.4 Å². The van der Waals surface area contributed by atoms with Crippen LogP contribution < -0.4 is 5.32 Å². The lowest BCUT2D eigenvalue weighted by atomic mass is 9.96. The Morgan fingerprint density at radius 3 is 1.68 bits per heavy atom. The summed E-state index contributed by atoms with van der Waals surface area (Å²) in [5.41, 5.74) is 6.27. The molecule has 3 rings (SSSR count). The van der Waals surface area contributed by atoms with Crippen LogP contribution in [-0.2, 0) is 0 Å². The second-order valence-electron chi connectivity index (χ2n) is 7.30. The Morgan fingerprint density at radius 1 is 0.750 bits per heavy atom. The van der Waals surface area contributed by atoms with Crippen LogP contribution in [0.2, 0.25) is 0 Å². The molecule has 28 heavy (non-hydrogen) atoms. The van der Waals surface area contributed by atoms with Crippen LogP contribution in [0, 0.1) is 20.8 Å². The molecule has 0 aromatic heterocycles. The van der Waals surface area contributed by atoms with Crippen LogP contribution in [0.4, 0.5) is 0 Å². The number of ketones is 1. The number of hydrogen-bond donors (Lipinski definition) is 1. The van der Waals surface area contributed by atoms with E-state index in [1.54, 1.807) is 0 Å². The summed E-state index contributed by atoms with van der Waals surface area (Å²) in [6.07, 6.45) is 0.345. The van der Waals surface area contributed by atoms with Crippen molar-refractivity contribution in [2.45, 2.75) is 33.2 Å². The fourth-order valence-electron chi connectivity index (χ4n) is 3.04. The van der Waals surface area contributed by atoms with Gasteiger partial charge in [-0.25, -0.2) is 0 Å². The van der Waals surface area contributed by atoms with Crippen LogP contribution >= 0.6 is 12.2 Å². The van der Waals surface area contributed by atoms with E-state index in [0.29, 0.717) is 11.4 Å². The maximum Gasteiger partial charge on any atom is 0.165 e. The fraction of sp³-hybridized carbons (Fsp3) is 0.200. The molecule has 0 heterocycles. The van der Waals surface area contributed by atoms with E-state index < -0.39 is 0 Å². The number of carbonyl (C=O) groups excluding carboxylic acids is 1. The number of rotatable bonds is 6. The lowest BCUT2D eigenvalue weighted by Gasteiger charge is -2.21. The van der Waals surface area contributed by atoms with Gasteiger partial charge in [0.05, 0.1) is 6.04 Å². The summed E-state index contributed by atoms with van der Waals surface area (Å²) in [6.45, 7) is 6.13. The van der Waals surface area contributed by atoms with Crippen LogP contribution in [0.3, 0.4) is 0 Å². The van der Waals surface area contributed by atoms with E-state index in [-0.39, 0.29) is 11.8 Å². The predicted octanol–water partition coefficient (Wildman–Crippen LogP) is 5.89. The SMILES string of the molecule is Cc1ccc(C(=O)CC(NC(=S)c2ccc(C)cc2)c2ccc(C)cc2)cc1. The van der Waals surface area contributed by atoms with Crippen LogP contribution in [0.5, 0.6) is 0 Å². The van der Waals surface area contributed by atoms with E-state index in [0.717, 1.165) is 22.3 Å². The Kier molecular flexibility index (Phi) is 6.37. The summed E-state index contributed by atoms with van der Waals surface area (Å²) < 4.78 is 0. The van der Waals surface area contributed by atoms with Crippen LogP contribution in [0.15, 0.2) is 72.8 Å². The zero-order valence-electron chi connectivity index (χ0n) is 16.5. The molecule has 3 heteroatoms. The van der Waals surface area contributed by atoms with Gasteiger partial charge in [0.15, 0.2) is 5.78 Å². The highest BCUT2D eigenvalue weighted by molar-refractivity contribution is 7.80. The normalized spacial score (nSPS) is 11.7. The average Bonchev–Trinajstić information content (AvgIpc) is 2.69. The number of aryl methyl sites for hydroxylation is 3. The molecule has 0 aliphatic carbocycles. The zero-order chi connectivity index (χ0) is 20.1. The van der Waals surface area contributed by atoms with Gasteiger partial charge in [0.2, 0.25) is 0 Å². The monoisotopic (exact) mass is 387 g/mol. The quantitative estimate of drug-likeness (QED) is 0.422. The lowest BCUT2D eigenvalue weighted by Crippen LogP contribution is -2.29. The van der Waals surface area contributed by atoms with Crippen molar-refractivity contribution in [3.05, 3.63) is 106 Å². The predicted molar refractivity (Wildman–Crippen MR) is 120 cm³/mol. The van der Waals surface area contributed by atoms with Crippen molar-refractivity contribution in [3.8, 4) is 0 Å². The van der Waals surface area contributed by atoms with Gasteiger partial charge in [-0.15, -0.1) is 0 Å². The zero-order valence-corrected chi connectivity index (χ0v) is 17.3. The van der Waals surface area contributed by atoms with Gasteiger partial charge >= 0.3 is 0 Å². The van der Waals surface area contributed by atoms with Crippen LogP contribution in [-0.4, -0.2) is 10.8 Å². The molecule has 0 saturated carbocycles. The highest BCUT2D eigenvalue weighted by Crippen LogP contribution is 2.21. The molecular formula is C25H25NOS. The molecule has 0 bridgehead atoms. The second-order valence-corrected chi connectivity index (χ2v) is 7.70. The third-order valence-electron chi connectivity index (χ3n) is 4.86. The number of thiocarbonyl (C=S) groups is 1. The smallest absolute Gasteiger partial charge is 0.165 e. The molecule has 0 fully saturated rings. The topological polar surface area (TPSA) is 29.1 Å². The van der Waals surface area contributed by atoms with Crippen molar-refractivity contribution >= 4 is 23.0 Å². The molecule has 0 aliphatic rings. The summed E-state index contributed by atoms with van der Waals surface area (Å²) in [5.74, 6) is 0.102. The largest absolute Gasteiger partial charge is 0.369 e. The van der Waals surface area contributed by atoms with Crippen molar-refractivity contribution in [3.63, 3.8) is 0 Å². The van der Waals surface area contributed by atoms with Gasteiger partial charge in [-0.2, -0.15) is 0 Å². The third kappa shape index (κ3) is 5.14. The number of carbonyl (C=O) groups is 1. The number of benzene rings is 3. The molecule has 0 saturated heterocycles. The Bertz CT molecular complexity index is 897. The van der Waals surface area contributed by atoms with Gasteiger partial charge < -0.3 is 5.32 Å². The Labute approximate surface area is 172 Å². The molecule has 0 amide bonds. The molecule has 0 radical (unpaired) electrons. The minimum Gasteiger partial charge on any atom is -0.369 e. The van der Waals surface area contributed by atoms with Gasteiger partial charge in [-0.3, -0.25) is 4.79 Å². The van der Waals surface area contributed by atoms with Crippen molar-refractivity contribution in [2.24, 2.45) is 0 Å². The molecule has 1 unspecified atom stereocenters. The highest BCUT2D eigenvalue weighted by atomic mass is 32.1. The van der Waals surface area contributed by atoms with E-state index in [9.17, 15) is 4.79 Å². The summed E-state index contributed by atoms with van der Waals surface area (Å²) in [6, 6.07) is 23.9. The minimum atomic E-state index is -0.178. The van der Waals surface area contributed by atoms with Gasteiger partial charge in [-0.1, -0.05) is 102 Å². The number of nitrogens with one attached hydrogen (secondary N) is 1. The number of hydrogen-bond acceptors (Lipinski definition) is 2. The average molecular weight is 388 g/mol. The second kappa shape index (κ2) is 8.94. The maximum atomic E-state index is 12.9. The van der Waals surface area contributed by atoms with E-state index >= 15 is 0 Å². The molecule has 3 aromatic carbocycles. The summed E-state index contributed by atoms with van der Waals surface area (Å²) >= 11 is 5.63. The molecule has 1 N–H and O–H groups in total. The van der Waals surface area contributed by atoms with Crippen LogP contribution in [0.25, 0.3) is 0 Å². The van der Waals surface area contributed by atoms with Gasteiger partial charge in [0.1, 0.15) is 4.99 Å². The Morgan fingerprint density at radius 2 is 1.18 bits per heavy atom. The molecular weight excluding hydrogens is 362 g/mol. The van der Waals surface area contributed by atoms with E-state index in [4.69, 9.17) is 12.2 Å². The van der Waals surface area contributed by atoms with E-state index in [1.807, 2.05) is 55.5 Å². The van der Waals surface area contributed by atoms with Crippen molar-refractivity contribution in [1.29, 1.82) is 0 Å². The van der Waals surface area contributed by atoms with E-state index in [1.165, 1.54) is 11.1 Å². The van der Waals surface area contributed by atoms with Crippen molar-refractivity contribution in [1.82, 2.24) is 5.32 Å². The highest BCUT2D eigenvalue weighted by Gasteiger charge is 2.19. The molecule has 0 spiro atoms. The Balaban J connectivity index is 1.83. The number of Topliss-reactive ketones (excluding diaryl/α,β-unsaturated/α-hetero) is 1. The summed E-state index contributed by atoms with van der Waals surface area (Å²) in [4.78, 5) is 13.5. The molecule has 142 valence electrons. The standard InChI is InChI=1S/C25H25NOS/c1-17-4-10-20(11-5-17)23(16-24(27)21-12-6-18(2)7-13-21)26-25(28)22-14-8-19(3)9-15-22/h4-15,23H,16H2,1-3H3,(H,26,28). The summed E-state index contributed by atoms with van der Waals surface area (Å²) in [5, 5.41) is 3.41. The molecule has 1 atom stereocenters. The molecule has 2 nitrogen and oxygen atoms in total.